The highest BCUT2D eigenvalue weighted by Gasteiger charge is 2.19. The van der Waals surface area contributed by atoms with Gasteiger partial charge in [0.25, 0.3) is 0 Å². The second kappa shape index (κ2) is 5.86. The SMILES string of the molecule is CN(c1cc(NN)nc(N)n1)C1CCCCCC1. The summed E-state index contributed by atoms with van der Waals surface area (Å²) in [7, 11) is 2.07. The zero-order chi connectivity index (χ0) is 13.0. The Hall–Kier alpha value is -1.56. The number of nitrogens with one attached hydrogen (secondary N) is 1. The van der Waals surface area contributed by atoms with Gasteiger partial charge in [0.15, 0.2) is 0 Å². The van der Waals surface area contributed by atoms with Crippen molar-refractivity contribution in [1.82, 2.24) is 9.97 Å². The molecule has 1 saturated carbocycles. The van der Waals surface area contributed by atoms with Crippen LogP contribution < -0.4 is 21.9 Å². The van der Waals surface area contributed by atoms with Gasteiger partial charge in [0.05, 0.1) is 0 Å². The maximum Gasteiger partial charge on any atom is 0.223 e. The number of nitrogen functional groups attached to an aromatic ring is 2. The second-order valence-corrected chi connectivity index (χ2v) is 4.87. The summed E-state index contributed by atoms with van der Waals surface area (Å²) in [4.78, 5) is 10.5. The molecule has 0 amide bonds. The minimum Gasteiger partial charge on any atom is -0.368 e. The molecule has 0 aliphatic heterocycles. The summed E-state index contributed by atoms with van der Waals surface area (Å²) in [5, 5.41) is 0. The monoisotopic (exact) mass is 250 g/mol. The normalized spacial score (nSPS) is 17.2. The molecule has 18 heavy (non-hydrogen) atoms. The number of nitrogens with two attached hydrogens (primary N) is 2. The van der Waals surface area contributed by atoms with Crippen molar-refractivity contribution in [2.45, 2.75) is 44.6 Å². The van der Waals surface area contributed by atoms with E-state index >= 15 is 0 Å². The number of hydrogen-bond donors (Lipinski definition) is 3. The van der Waals surface area contributed by atoms with Gasteiger partial charge in [-0.1, -0.05) is 25.7 Å². The maximum absolute atomic E-state index is 5.69. The molecule has 5 N–H and O–H groups in total. The molecule has 0 unspecified atom stereocenters. The molecule has 100 valence electrons. The Morgan fingerprint density at radius 3 is 2.50 bits per heavy atom. The topological polar surface area (TPSA) is 93.1 Å². The molecule has 1 aromatic heterocycles. The lowest BCUT2D eigenvalue weighted by Gasteiger charge is -2.28. The van der Waals surface area contributed by atoms with Gasteiger partial charge in [-0.25, -0.2) is 5.84 Å². The van der Waals surface area contributed by atoms with E-state index in [1.165, 1.54) is 38.5 Å². The Morgan fingerprint density at radius 1 is 1.22 bits per heavy atom. The van der Waals surface area contributed by atoms with Gasteiger partial charge >= 0.3 is 0 Å². The molecule has 6 heteroatoms. The summed E-state index contributed by atoms with van der Waals surface area (Å²) in [5.41, 5.74) is 8.21. The van der Waals surface area contributed by atoms with Crippen LogP contribution in [0.4, 0.5) is 17.6 Å². The van der Waals surface area contributed by atoms with Gasteiger partial charge in [-0.15, -0.1) is 0 Å². The molecule has 1 fully saturated rings. The third kappa shape index (κ3) is 3.01. The van der Waals surface area contributed by atoms with Crippen LogP contribution in [0, 0.1) is 0 Å². The van der Waals surface area contributed by atoms with Crippen molar-refractivity contribution in [2.24, 2.45) is 5.84 Å². The van der Waals surface area contributed by atoms with Crippen LogP contribution in [0.3, 0.4) is 0 Å². The fraction of sp³-hybridized carbons (Fsp3) is 0.667. The van der Waals surface area contributed by atoms with Crippen LogP contribution in [0.15, 0.2) is 6.07 Å². The van der Waals surface area contributed by atoms with Gasteiger partial charge in [0, 0.05) is 19.2 Å². The lowest BCUT2D eigenvalue weighted by Crippen LogP contribution is -2.32. The Morgan fingerprint density at radius 2 is 1.89 bits per heavy atom. The predicted molar refractivity (Wildman–Crippen MR) is 74.1 cm³/mol. The van der Waals surface area contributed by atoms with Crippen LogP contribution in [0.2, 0.25) is 0 Å². The molecule has 1 aromatic rings. The van der Waals surface area contributed by atoms with E-state index in [-0.39, 0.29) is 5.95 Å². The number of hydrazine groups is 1. The van der Waals surface area contributed by atoms with Gasteiger partial charge in [-0.3, -0.25) is 0 Å². The van der Waals surface area contributed by atoms with E-state index in [0.717, 1.165) is 5.82 Å². The Labute approximate surface area is 108 Å². The van der Waals surface area contributed by atoms with Crippen molar-refractivity contribution in [2.75, 3.05) is 23.1 Å². The number of nitrogens with zero attached hydrogens (tertiary/aromatic N) is 3. The van der Waals surface area contributed by atoms with Gasteiger partial charge in [-0.05, 0) is 12.8 Å². The van der Waals surface area contributed by atoms with Crippen molar-refractivity contribution in [1.29, 1.82) is 0 Å². The van der Waals surface area contributed by atoms with Gasteiger partial charge in [0.2, 0.25) is 5.95 Å². The molecule has 0 saturated heterocycles. The van der Waals surface area contributed by atoms with Crippen LogP contribution in [-0.2, 0) is 0 Å². The molecule has 6 nitrogen and oxygen atoms in total. The largest absolute Gasteiger partial charge is 0.368 e. The molecule has 0 bridgehead atoms. The van der Waals surface area contributed by atoms with Crippen LogP contribution in [-0.4, -0.2) is 23.1 Å². The van der Waals surface area contributed by atoms with Crippen molar-refractivity contribution >= 4 is 17.6 Å². The molecule has 1 aliphatic rings. The third-order valence-corrected chi connectivity index (χ3v) is 3.61. The van der Waals surface area contributed by atoms with E-state index in [2.05, 4.69) is 27.3 Å². The maximum atomic E-state index is 5.69. The number of aromatic nitrogens is 2. The highest BCUT2D eigenvalue weighted by atomic mass is 15.3. The first-order chi connectivity index (χ1) is 8.70. The lowest BCUT2D eigenvalue weighted by molar-refractivity contribution is 0.549. The number of anilines is 3. The first-order valence-corrected chi connectivity index (χ1v) is 6.54. The average molecular weight is 250 g/mol. The first kappa shape index (κ1) is 12.9. The standard InChI is InChI=1S/C12H22N6/c1-18(9-6-4-2-3-5-7-9)11-8-10(17-14)15-12(13)16-11/h8-9H,2-7,14H2,1H3,(H3,13,15,16,17). The third-order valence-electron chi connectivity index (χ3n) is 3.61. The fourth-order valence-electron chi connectivity index (χ4n) is 2.54. The lowest BCUT2D eigenvalue weighted by atomic mass is 10.1. The number of hydrogen-bond acceptors (Lipinski definition) is 6. The Kier molecular flexibility index (Phi) is 4.19. The van der Waals surface area contributed by atoms with E-state index < -0.39 is 0 Å². The summed E-state index contributed by atoms with van der Waals surface area (Å²) >= 11 is 0. The minimum atomic E-state index is 0.251. The molecular formula is C12H22N6. The van der Waals surface area contributed by atoms with E-state index in [1.54, 1.807) is 0 Å². The van der Waals surface area contributed by atoms with Gasteiger partial charge in [0.1, 0.15) is 11.6 Å². The van der Waals surface area contributed by atoms with Crippen LogP contribution in [0.1, 0.15) is 38.5 Å². The predicted octanol–water partition coefficient (Wildman–Crippen LogP) is 1.50. The van der Waals surface area contributed by atoms with E-state index in [4.69, 9.17) is 11.6 Å². The van der Waals surface area contributed by atoms with Crippen molar-refractivity contribution in [3.8, 4) is 0 Å². The molecule has 0 atom stereocenters. The van der Waals surface area contributed by atoms with Gasteiger partial charge < -0.3 is 16.1 Å². The smallest absolute Gasteiger partial charge is 0.223 e. The average Bonchev–Trinajstić information content (AvgIpc) is 2.65. The summed E-state index contributed by atoms with van der Waals surface area (Å²) in [6, 6.07) is 2.37. The van der Waals surface area contributed by atoms with E-state index in [9.17, 15) is 0 Å². The summed E-state index contributed by atoms with van der Waals surface area (Å²) in [5.74, 6) is 7.02. The zero-order valence-corrected chi connectivity index (χ0v) is 10.9. The second-order valence-electron chi connectivity index (χ2n) is 4.87. The molecule has 0 radical (unpaired) electrons. The van der Waals surface area contributed by atoms with Crippen molar-refractivity contribution < 1.29 is 0 Å². The quantitative estimate of drug-likeness (QED) is 0.428. The Bertz CT molecular complexity index is 386. The summed E-state index contributed by atoms with van der Waals surface area (Å²) in [6.07, 6.45) is 7.68. The highest BCUT2D eigenvalue weighted by Crippen LogP contribution is 2.25. The fourth-order valence-corrected chi connectivity index (χ4v) is 2.54. The van der Waals surface area contributed by atoms with Crippen LogP contribution in [0.25, 0.3) is 0 Å². The molecule has 0 spiro atoms. The van der Waals surface area contributed by atoms with Crippen molar-refractivity contribution in [3.63, 3.8) is 0 Å². The Balaban J connectivity index is 2.15. The van der Waals surface area contributed by atoms with Crippen LogP contribution in [0.5, 0.6) is 0 Å². The molecule has 0 aromatic carbocycles. The summed E-state index contributed by atoms with van der Waals surface area (Å²) in [6.45, 7) is 0. The highest BCUT2D eigenvalue weighted by molar-refractivity contribution is 5.52. The first-order valence-electron chi connectivity index (χ1n) is 6.54. The minimum absolute atomic E-state index is 0.251. The van der Waals surface area contributed by atoms with Gasteiger partial charge in [-0.2, -0.15) is 9.97 Å². The molecular weight excluding hydrogens is 228 g/mol. The summed E-state index contributed by atoms with van der Waals surface area (Å²) < 4.78 is 0. The van der Waals surface area contributed by atoms with Crippen LogP contribution >= 0.6 is 0 Å². The van der Waals surface area contributed by atoms with E-state index in [0.29, 0.717) is 11.9 Å². The van der Waals surface area contributed by atoms with E-state index in [1.807, 2.05) is 6.07 Å². The number of rotatable bonds is 3. The zero-order valence-electron chi connectivity index (χ0n) is 10.9. The molecule has 1 aliphatic carbocycles. The molecule has 1 heterocycles. The molecule has 2 rings (SSSR count). The van der Waals surface area contributed by atoms with Crippen molar-refractivity contribution in [3.05, 3.63) is 6.07 Å².